The van der Waals surface area contributed by atoms with Gasteiger partial charge in [-0.25, -0.2) is 4.98 Å². The van der Waals surface area contributed by atoms with Crippen molar-refractivity contribution in [2.45, 2.75) is 6.42 Å². The van der Waals surface area contributed by atoms with Crippen molar-refractivity contribution in [2.75, 3.05) is 17.7 Å². The molecule has 3 aromatic rings. The first-order valence-electron chi connectivity index (χ1n) is 7.92. The first-order chi connectivity index (χ1) is 13.0. The Balaban J connectivity index is 1.60. The van der Waals surface area contributed by atoms with E-state index in [0.29, 0.717) is 22.3 Å². The van der Waals surface area contributed by atoms with Gasteiger partial charge in [0.2, 0.25) is 5.91 Å². The van der Waals surface area contributed by atoms with Gasteiger partial charge >= 0.3 is 0 Å². The van der Waals surface area contributed by atoms with Crippen LogP contribution in [0.25, 0.3) is 0 Å². The maximum atomic E-state index is 12.2. The lowest BCUT2D eigenvalue weighted by molar-refractivity contribution is -0.115. The molecule has 0 aliphatic heterocycles. The van der Waals surface area contributed by atoms with Gasteiger partial charge in [-0.1, -0.05) is 6.07 Å². The summed E-state index contributed by atoms with van der Waals surface area (Å²) in [6.45, 7) is 0. The SMILES string of the molecule is COc1cccc(NC(=O)Cc2csc(NC(=O)c3ccc[nH]c3=O)n2)c1. The van der Waals surface area contributed by atoms with Gasteiger partial charge in [0.15, 0.2) is 5.13 Å². The molecule has 3 rings (SSSR count). The number of nitrogens with zero attached hydrogens (tertiary/aromatic N) is 1. The number of aromatic nitrogens is 2. The van der Waals surface area contributed by atoms with E-state index < -0.39 is 11.5 Å². The Morgan fingerprint density at radius 3 is 2.85 bits per heavy atom. The number of rotatable bonds is 6. The molecule has 2 heterocycles. The number of thiazole rings is 1. The van der Waals surface area contributed by atoms with Gasteiger partial charge in [-0.15, -0.1) is 11.3 Å². The summed E-state index contributed by atoms with van der Waals surface area (Å²) in [6.07, 6.45) is 1.50. The van der Waals surface area contributed by atoms with Crippen LogP contribution in [-0.2, 0) is 11.2 Å². The molecule has 8 nitrogen and oxygen atoms in total. The molecule has 0 saturated carbocycles. The van der Waals surface area contributed by atoms with E-state index in [2.05, 4.69) is 20.6 Å². The number of benzene rings is 1. The number of carbonyl (C=O) groups is 2. The van der Waals surface area contributed by atoms with E-state index in [1.54, 1.807) is 42.8 Å². The van der Waals surface area contributed by atoms with E-state index in [4.69, 9.17) is 4.74 Å². The first-order valence-corrected chi connectivity index (χ1v) is 8.80. The van der Waals surface area contributed by atoms with Crippen LogP contribution in [0.3, 0.4) is 0 Å². The lowest BCUT2D eigenvalue weighted by Gasteiger charge is -2.06. The molecule has 9 heteroatoms. The second-order valence-electron chi connectivity index (χ2n) is 5.47. The molecule has 0 bridgehead atoms. The summed E-state index contributed by atoms with van der Waals surface area (Å²) in [6, 6.07) is 10.0. The lowest BCUT2D eigenvalue weighted by atomic mass is 10.2. The van der Waals surface area contributed by atoms with Crippen molar-refractivity contribution in [3.63, 3.8) is 0 Å². The first kappa shape index (κ1) is 18.3. The molecule has 0 aliphatic rings. The summed E-state index contributed by atoms with van der Waals surface area (Å²) in [5.41, 5.74) is 0.638. The largest absolute Gasteiger partial charge is 0.497 e. The van der Waals surface area contributed by atoms with Gasteiger partial charge in [-0.3, -0.25) is 19.7 Å². The van der Waals surface area contributed by atoms with Crippen LogP contribution in [0, 0.1) is 0 Å². The Bertz CT molecular complexity index is 1030. The Morgan fingerprint density at radius 2 is 2.07 bits per heavy atom. The third-order valence-corrected chi connectivity index (χ3v) is 4.34. The molecule has 27 heavy (non-hydrogen) atoms. The number of pyridine rings is 1. The van der Waals surface area contributed by atoms with Gasteiger partial charge in [-0.05, 0) is 24.3 Å². The minimum absolute atomic E-state index is 0.00924. The highest BCUT2D eigenvalue weighted by molar-refractivity contribution is 7.14. The van der Waals surface area contributed by atoms with Crippen molar-refractivity contribution in [2.24, 2.45) is 0 Å². The zero-order chi connectivity index (χ0) is 19.2. The topological polar surface area (TPSA) is 113 Å². The van der Waals surface area contributed by atoms with E-state index in [1.807, 2.05) is 0 Å². The summed E-state index contributed by atoms with van der Waals surface area (Å²) in [7, 11) is 1.55. The Hall–Kier alpha value is -3.46. The number of nitrogens with one attached hydrogen (secondary N) is 3. The number of methoxy groups -OCH3 is 1. The van der Waals surface area contributed by atoms with Crippen LogP contribution >= 0.6 is 11.3 Å². The van der Waals surface area contributed by atoms with E-state index in [0.717, 1.165) is 0 Å². The Labute approximate surface area is 158 Å². The monoisotopic (exact) mass is 384 g/mol. The number of amides is 2. The number of H-pyrrole nitrogens is 1. The maximum absolute atomic E-state index is 12.2. The van der Waals surface area contributed by atoms with Gasteiger partial charge in [0, 0.05) is 23.3 Å². The quantitative estimate of drug-likeness (QED) is 0.603. The van der Waals surface area contributed by atoms with Gasteiger partial charge in [0.1, 0.15) is 11.3 Å². The van der Waals surface area contributed by atoms with Crippen LogP contribution in [0.2, 0.25) is 0 Å². The lowest BCUT2D eigenvalue weighted by Crippen LogP contribution is -2.22. The van der Waals surface area contributed by atoms with Crippen molar-refractivity contribution in [1.82, 2.24) is 9.97 Å². The number of carbonyl (C=O) groups excluding carboxylic acids is 2. The molecule has 0 aliphatic carbocycles. The summed E-state index contributed by atoms with van der Waals surface area (Å²) in [4.78, 5) is 42.5. The summed E-state index contributed by atoms with van der Waals surface area (Å²) >= 11 is 1.18. The fourth-order valence-corrected chi connectivity index (χ4v) is 2.99. The summed E-state index contributed by atoms with van der Waals surface area (Å²) < 4.78 is 5.11. The average molecular weight is 384 g/mol. The van der Waals surface area contributed by atoms with E-state index >= 15 is 0 Å². The Morgan fingerprint density at radius 1 is 1.22 bits per heavy atom. The second-order valence-corrected chi connectivity index (χ2v) is 6.33. The smallest absolute Gasteiger partial charge is 0.263 e. The van der Waals surface area contributed by atoms with E-state index in [9.17, 15) is 14.4 Å². The standard InChI is InChI=1S/C18H16N4O4S/c1-26-13-5-2-4-11(8-13)20-15(23)9-12-10-27-18(21-12)22-17(25)14-6-3-7-19-16(14)24/h2-8,10H,9H2,1H3,(H,19,24)(H,20,23)(H,21,22,25). The summed E-state index contributed by atoms with van der Waals surface area (Å²) in [5, 5.41) is 7.31. The Kier molecular flexibility index (Phi) is 5.62. The van der Waals surface area contributed by atoms with E-state index in [1.165, 1.54) is 23.6 Å². The molecule has 138 valence electrons. The number of aromatic amines is 1. The molecule has 0 atom stereocenters. The molecule has 0 spiro atoms. The second kappa shape index (κ2) is 8.28. The van der Waals surface area contributed by atoms with Crippen LogP contribution in [-0.4, -0.2) is 28.9 Å². The van der Waals surface area contributed by atoms with Crippen LogP contribution in [0.4, 0.5) is 10.8 Å². The third kappa shape index (κ3) is 4.79. The van der Waals surface area contributed by atoms with Gasteiger partial charge < -0.3 is 15.0 Å². The van der Waals surface area contributed by atoms with Gasteiger partial charge in [0.25, 0.3) is 11.5 Å². The molecule has 2 amide bonds. The molecule has 0 saturated heterocycles. The van der Waals surface area contributed by atoms with Gasteiger partial charge in [0.05, 0.1) is 19.2 Å². The average Bonchev–Trinajstić information content (AvgIpc) is 3.08. The highest BCUT2D eigenvalue weighted by Gasteiger charge is 2.13. The number of anilines is 2. The highest BCUT2D eigenvalue weighted by Crippen LogP contribution is 2.19. The minimum Gasteiger partial charge on any atom is -0.497 e. The van der Waals surface area contributed by atoms with Crippen molar-refractivity contribution in [3.8, 4) is 5.75 Å². The van der Waals surface area contributed by atoms with Crippen molar-refractivity contribution in [1.29, 1.82) is 0 Å². The zero-order valence-electron chi connectivity index (χ0n) is 14.3. The van der Waals surface area contributed by atoms with Crippen LogP contribution < -0.4 is 20.9 Å². The molecule has 0 unspecified atom stereocenters. The molecular formula is C18H16N4O4S. The fraction of sp³-hybridized carbons (Fsp3) is 0.111. The fourth-order valence-electron chi connectivity index (χ4n) is 2.28. The summed E-state index contributed by atoms with van der Waals surface area (Å²) in [5.74, 6) is -0.160. The van der Waals surface area contributed by atoms with Crippen molar-refractivity contribution < 1.29 is 14.3 Å². The van der Waals surface area contributed by atoms with Crippen LogP contribution in [0.1, 0.15) is 16.1 Å². The molecule has 2 aromatic heterocycles. The number of hydrogen-bond donors (Lipinski definition) is 3. The normalized spacial score (nSPS) is 10.3. The molecular weight excluding hydrogens is 368 g/mol. The highest BCUT2D eigenvalue weighted by atomic mass is 32.1. The number of hydrogen-bond acceptors (Lipinski definition) is 6. The predicted octanol–water partition coefficient (Wildman–Crippen LogP) is 2.27. The third-order valence-electron chi connectivity index (χ3n) is 3.53. The van der Waals surface area contributed by atoms with Crippen LogP contribution in [0.5, 0.6) is 5.75 Å². The molecule has 1 aromatic carbocycles. The maximum Gasteiger partial charge on any atom is 0.263 e. The van der Waals surface area contributed by atoms with Crippen molar-refractivity contribution >= 4 is 34.0 Å². The molecule has 3 N–H and O–H groups in total. The van der Waals surface area contributed by atoms with E-state index in [-0.39, 0.29) is 17.9 Å². The van der Waals surface area contributed by atoms with Gasteiger partial charge in [-0.2, -0.15) is 0 Å². The predicted molar refractivity (Wildman–Crippen MR) is 102 cm³/mol. The number of ether oxygens (including phenoxy) is 1. The zero-order valence-corrected chi connectivity index (χ0v) is 15.1. The molecule has 0 radical (unpaired) electrons. The van der Waals surface area contributed by atoms with Crippen molar-refractivity contribution in [3.05, 3.63) is 69.6 Å². The van der Waals surface area contributed by atoms with Crippen LogP contribution in [0.15, 0.2) is 52.8 Å². The molecule has 0 fully saturated rings. The minimum atomic E-state index is -0.557.